The fourth-order valence-corrected chi connectivity index (χ4v) is 4.24. The van der Waals surface area contributed by atoms with E-state index in [-0.39, 0.29) is 12.1 Å². The maximum absolute atomic E-state index is 12.8. The first kappa shape index (κ1) is 30.3. The highest BCUT2D eigenvalue weighted by Crippen LogP contribution is 2.29. The van der Waals surface area contributed by atoms with Crippen molar-refractivity contribution in [3.8, 4) is 0 Å². The van der Waals surface area contributed by atoms with Gasteiger partial charge in [-0.2, -0.15) is 0 Å². The van der Waals surface area contributed by atoms with E-state index in [1.165, 1.54) is 18.2 Å². The SMILES string of the molecule is CC.COC(=O)C1(OCCN(Cc2ccccc2)Cc2ccccc2)CCN(C(=O)OC(C)(C)C)CC1. The second kappa shape index (κ2) is 14.7. The fourth-order valence-electron chi connectivity index (χ4n) is 4.24. The van der Waals surface area contributed by atoms with E-state index in [1.807, 2.05) is 71.0 Å². The Hall–Kier alpha value is -2.90. The molecule has 1 aliphatic rings. The number of methoxy groups -OCH3 is 1. The number of benzene rings is 2. The molecule has 0 unspecified atom stereocenters. The van der Waals surface area contributed by atoms with Crippen LogP contribution in [0.15, 0.2) is 60.7 Å². The van der Waals surface area contributed by atoms with Gasteiger partial charge in [-0.05, 0) is 31.9 Å². The fraction of sp³-hybridized carbons (Fsp3) is 0.533. The van der Waals surface area contributed by atoms with Crippen molar-refractivity contribution in [3.63, 3.8) is 0 Å². The average Bonchev–Trinajstić information content (AvgIpc) is 2.90. The van der Waals surface area contributed by atoms with E-state index >= 15 is 0 Å². The Morgan fingerprint density at radius 1 is 0.892 bits per heavy atom. The number of hydrogen-bond acceptors (Lipinski definition) is 6. The number of likely N-dealkylation sites (tertiary alicyclic amines) is 1. The van der Waals surface area contributed by atoms with Crippen LogP contribution < -0.4 is 0 Å². The number of ether oxygens (including phenoxy) is 3. The molecule has 37 heavy (non-hydrogen) atoms. The Morgan fingerprint density at radius 2 is 1.38 bits per heavy atom. The van der Waals surface area contributed by atoms with Gasteiger partial charge in [-0.3, -0.25) is 4.90 Å². The summed E-state index contributed by atoms with van der Waals surface area (Å²) in [4.78, 5) is 29.2. The molecule has 7 heteroatoms. The summed E-state index contributed by atoms with van der Waals surface area (Å²) in [6.45, 7) is 12.9. The number of esters is 1. The van der Waals surface area contributed by atoms with E-state index in [0.717, 1.165) is 13.1 Å². The minimum Gasteiger partial charge on any atom is -0.467 e. The number of amides is 1. The summed E-state index contributed by atoms with van der Waals surface area (Å²) in [6.07, 6.45) is 0.375. The van der Waals surface area contributed by atoms with Crippen LogP contribution in [0.25, 0.3) is 0 Å². The molecule has 0 aliphatic carbocycles. The molecular weight excluding hydrogens is 468 g/mol. The van der Waals surface area contributed by atoms with E-state index in [4.69, 9.17) is 14.2 Å². The highest BCUT2D eigenvalue weighted by atomic mass is 16.6. The van der Waals surface area contributed by atoms with Crippen LogP contribution >= 0.6 is 0 Å². The van der Waals surface area contributed by atoms with Gasteiger partial charge in [0.1, 0.15) is 5.60 Å². The van der Waals surface area contributed by atoms with Crippen molar-refractivity contribution in [2.75, 3.05) is 33.4 Å². The van der Waals surface area contributed by atoms with Gasteiger partial charge in [-0.25, -0.2) is 9.59 Å². The molecule has 7 nitrogen and oxygen atoms in total. The minimum absolute atomic E-state index is 0.368. The first-order valence-electron chi connectivity index (χ1n) is 13.2. The molecule has 0 saturated carbocycles. The molecule has 0 radical (unpaired) electrons. The number of rotatable bonds is 9. The number of hydrogen-bond donors (Lipinski definition) is 0. The molecule has 0 atom stereocenters. The van der Waals surface area contributed by atoms with Gasteiger partial charge in [0.25, 0.3) is 0 Å². The molecule has 0 bridgehead atoms. The molecule has 2 aromatic carbocycles. The van der Waals surface area contributed by atoms with E-state index in [1.54, 1.807) is 4.90 Å². The maximum Gasteiger partial charge on any atom is 0.410 e. The van der Waals surface area contributed by atoms with Crippen molar-refractivity contribution in [2.24, 2.45) is 0 Å². The van der Waals surface area contributed by atoms with Crippen LogP contribution in [0.3, 0.4) is 0 Å². The van der Waals surface area contributed by atoms with Crippen LogP contribution in [-0.4, -0.2) is 66.4 Å². The molecule has 0 spiro atoms. The number of nitrogens with zero attached hydrogens (tertiary/aromatic N) is 2. The van der Waals surface area contributed by atoms with Gasteiger partial charge < -0.3 is 19.1 Å². The van der Waals surface area contributed by atoms with Gasteiger partial charge in [0, 0.05) is 45.6 Å². The smallest absolute Gasteiger partial charge is 0.410 e. The summed E-state index contributed by atoms with van der Waals surface area (Å²) in [5.74, 6) is -0.390. The Bertz CT molecular complexity index is 894. The van der Waals surface area contributed by atoms with Crippen molar-refractivity contribution in [3.05, 3.63) is 71.8 Å². The number of carbonyl (C=O) groups excluding carboxylic acids is 2. The van der Waals surface area contributed by atoms with Crippen molar-refractivity contribution >= 4 is 12.1 Å². The van der Waals surface area contributed by atoms with Crippen molar-refractivity contribution in [1.82, 2.24) is 9.80 Å². The second-order valence-electron chi connectivity index (χ2n) is 9.98. The highest BCUT2D eigenvalue weighted by molar-refractivity contribution is 5.80. The summed E-state index contributed by atoms with van der Waals surface area (Å²) < 4.78 is 16.9. The second-order valence-corrected chi connectivity index (χ2v) is 9.98. The summed E-state index contributed by atoms with van der Waals surface area (Å²) in [6, 6.07) is 20.6. The Labute approximate surface area is 222 Å². The zero-order valence-corrected chi connectivity index (χ0v) is 23.4. The van der Waals surface area contributed by atoms with Crippen molar-refractivity contribution < 1.29 is 23.8 Å². The Morgan fingerprint density at radius 3 is 1.81 bits per heavy atom. The van der Waals surface area contributed by atoms with Gasteiger partial charge in [0.15, 0.2) is 5.60 Å². The topological polar surface area (TPSA) is 68.3 Å². The van der Waals surface area contributed by atoms with Crippen LogP contribution in [0.4, 0.5) is 4.79 Å². The average molecular weight is 513 g/mol. The molecule has 2 aromatic rings. The zero-order chi connectivity index (χ0) is 27.3. The first-order chi connectivity index (χ1) is 17.7. The van der Waals surface area contributed by atoms with Gasteiger partial charge in [-0.15, -0.1) is 0 Å². The normalized spacial score (nSPS) is 14.9. The third-order valence-corrected chi connectivity index (χ3v) is 6.06. The molecule has 0 N–H and O–H groups in total. The Balaban J connectivity index is 0.00000235. The van der Waals surface area contributed by atoms with Gasteiger partial charge in [0.2, 0.25) is 0 Å². The molecule has 1 fully saturated rings. The summed E-state index contributed by atoms with van der Waals surface area (Å²) in [5, 5.41) is 0. The predicted octanol–water partition coefficient (Wildman–Crippen LogP) is 5.67. The molecule has 1 heterocycles. The quantitative estimate of drug-likeness (QED) is 0.403. The minimum atomic E-state index is -1.06. The molecule has 1 saturated heterocycles. The standard InChI is InChI=1S/C28H38N2O5.C2H6/c1-27(2,3)35-26(32)30-17-15-28(16-18-30,25(31)33-4)34-20-19-29(21-23-11-7-5-8-12-23)22-24-13-9-6-10-14-24;1-2/h5-14H,15-22H2,1-4H3;1-2H3. The summed E-state index contributed by atoms with van der Waals surface area (Å²) in [5.41, 5.74) is 0.817. The lowest BCUT2D eigenvalue weighted by atomic mass is 9.91. The highest BCUT2D eigenvalue weighted by Gasteiger charge is 2.45. The lowest BCUT2D eigenvalue weighted by molar-refractivity contribution is -0.177. The number of piperidine rings is 1. The molecule has 1 aliphatic heterocycles. The largest absolute Gasteiger partial charge is 0.467 e. The third-order valence-electron chi connectivity index (χ3n) is 6.06. The van der Waals surface area contributed by atoms with Crippen molar-refractivity contribution in [2.45, 2.75) is 71.8 Å². The third kappa shape index (κ3) is 9.82. The van der Waals surface area contributed by atoms with E-state index in [0.29, 0.717) is 39.1 Å². The van der Waals surface area contributed by atoms with Crippen LogP contribution in [-0.2, 0) is 32.1 Å². The monoisotopic (exact) mass is 512 g/mol. The van der Waals surface area contributed by atoms with Crippen LogP contribution in [0.5, 0.6) is 0 Å². The Kier molecular flexibility index (Phi) is 12.1. The lowest BCUT2D eigenvalue weighted by Crippen LogP contribution is -2.54. The van der Waals surface area contributed by atoms with Gasteiger partial charge in [0.05, 0.1) is 13.7 Å². The van der Waals surface area contributed by atoms with Gasteiger partial charge >= 0.3 is 12.1 Å². The predicted molar refractivity (Wildman–Crippen MR) is 146 cm³/mol. The molecule has 204 valence electrons. The summed E-state index contributed by atoms with van der Waals surface area (Å²) in [7, 11) is 1.38. The molecule has 3 rings (SSSR count). The zero-order valence-electron chi connectivity index (χ0n) is 23.4. The van der Waals surface area contributed by atoms with E-state index in [2.05, 4.69) is 29.2 Å². The maximum atomic E-state index is 12.8. The molecule has 1 amide bonds. The first-order valence-corrected chi connectivity index (χ1v) is 13.2. The van der Waals surface area contributed by atoms with Crippen molar-refractivity contribution in [1.29, 1.82) is 0 Å². The van der Waals surface area contributed by atoms with Gasteiger partial charge in [-0.1, -0.05) is 74.5 Å². The number of carbonyl (C=O) groups is 2. The molecular formula is C30H44N2O5. The van der Waals surface area contributed by atoms with E-state index in [9.17, 15) is 9.59 Å². The van der Waals surface area contributed by atoms with Crippen LogP contribution in [0.1, 0.15) is 58.6 Å². The van der Waals surface area contributed by atoms with Crippen LogP contribution in [0.2, 0.25) is 0 Å². The summed E-state index contributed by atoms with van der Waals surface area (Å²) >= 11 is 0. The molecule has 0 aromatic heterocycles. The lowest BCUT2D eigenvalue weighted by Gasteiger charge is -2.40. The van der Waals surface area contributed by atoms with Crippen LogP contribution in [0, 0.1) is 0 Å². The van der Waals surface area contributed by atoms with E-state index < -0.39 is 11.2 Å².